The number of fused-ring (bicyclic) bond motifs is 4. The van der Waals surface area contributed by atoms with Crippen molar-refractivity contribution in [3.63, 3.8) is 0 Å². The Labute approximate surface area is 201 Å². The molecule has 0 N–H and O–H groups in total. The lowest BCUT2D eigenvalue weighted by Gasteiger charge is -2.55. The highest BCUT2D eigenvalue weighted by Crippen LogP contribution is 2.67. The molecular formula is C29H34O5. The van der Waals surface area contributed by atoms with Gasteiger partial charge in [-0.05, 0) is 92.2 Å². The summed E-state index contributed by atoms with van der Waals surface area (Å²) in [6, 6.07) is 8.24. The van der Waals surface area contributed by atoms with Crippen molar-refractivity contribution < 1.29 is 23.9 Å². The van der Waals surface area contributed by atoms with Crippen LogP contribution in [0.25, 0.3) is 0 Å². The van der Waals surface area contributed by atoms with Crippen LogP contribution in [0.3, 0.4) is 0 Å². The molecule has 0 amide bonds. The predicted molar refractivity (Wildman–Crippen MR) is 128 cm³/mol. The van der Waals surface area contributed by atoms with Crippen LogP contribution in [-0.2, 0) is 19.1 Å². The molecule has 2 saturated carbocycles. The molecule has 0 heterocycles. The second-order valence-electron chi connectivity index (χ2n) is 10.8. The Hall–Kier alpha value is -2.69. The van der Waals surface area contributed by atoms with Gasteiger partial charge in [0.15, 0.2) is 17.2 Å². The van der Waals surface area contributed by atoms with E-state index >= 15 is 0 Å². The number of allylic oxidation sites excluding steroid dienone is 4. The van der Waals surface area contributed by atoms with Crippen LogP contribution in [-0.4, -0.2) is 30.2 Å². The molecule has 5 heteroatoms. The Balaban J connectivity index is 1.69. The van der Waals surface area contributed by atoms with Gasteiger partial charge in [0, 0.05) is 24.7 Å². The molecule has 0 radical (unpaired) electrons. The number of hydrogen-bond acceptors (Lipinski definition) is 5. The van der Waals surface area contributed by atoms with Gasteiger partial charge in [0.2, 0.25) is 0 Å². The predicted octanol–water partition coefficient (Wildman–Crippen LogP) is 5.49. The molecule has 0 unspecified atom stereocenters. The lowest BCUT2D eigenvalue weighted by Crippen LogP contribution is -2.57. The summed E-state index contributed by atoms with van der Waals surface area (Å²) in [7, 11) is 1.66. The maximum Gasteiger partial charge on any atom is 0.303 e. The summed E-state index contributed by atoms with van der Waals surface area (Å²) in [6.07, 6.45) is 7.31. The molecule has 1 aromatic rings. The number of carbonyl (C=O) groups is 3. The second kappa shape index (κ2) is 8.21. The van der Waals surface area contributed by atoms with Crippen LogP contribution < -0.4 is 4.74 Å². The largest absolute Gasteiger partial charge is 0.497 e. The van der Waals surface area contributed by atoms with Gasteiger partial charge in [-0.15, -0.1) is 0 Å². The Morgan fingerprint density at radius 1 is 1.03 bits per heavy atom. The zero-order chi connectivity index (χ0) is 24.3. The zero-order valence-corrected chi connectivity index (χ0v) is 20.6. The fourth-order valence-electron chi connectivity index (χ4n) is 7.85. The van der Waals surface area contributed by atoms with E-state index in [1.807, 2.05) is 18.2 Å². The monoisotopic (exact) mass is 462 g/mol. The summed E-state index contributed by atoms with van der Waals surface area (Å²) in [5.74, 6) is 1.31. The van der Waals surface area contributed by atoms with E-state index in [1.165, 1.54) is 29.2 Å². The van der Waals surface area contributed by atoms with Gasteiger partial charge in [0.05, 0.1) is 7.11 Å². The third-order valence-corrected chi connectivity index (χ3v) is 9.26. The van der Waals surface area contributed by atoms with Crippen LogP contribution >= 0.6 is 0 Å². The minimum Gasteiger partial charge on any atom is -0.497 e. The minimum absolute atomic E-state index is 0.0445. The van der Waals surface area contributed by atoms with E-state index in [9.17, 15) is 14.4 Å². The number of carbonyl (C=O) groups excluding carboxylic acids is 3. The van der Waals surface area contributed by atoms with Crippen LogP contribution in [0.5, 0.6) is 5.75 Å². The molecule has 0 spiro atoms. The molecule has 4 aliphatic carbocycles. The van der Waals surface area contributed by atoms with Crippen molar-refractivity contribution in [2.24, 2.45) is 17.3 Å². The van der Waals surface area contributed by atoms with Crippen molar-refractivity contribution >= 4 is 17.5 Å². The van der Waals surface area contributed by atoms with Crippen LogP contribution in [0.15, 0.2) is 47.1 Å². The number of esters is 1. The number of benzene rings is 1. The smallest absolute Gasteiger partial charge is 0.303 e. The summed E-state index contributed by atoms with van der Waals surface area (Å²) >= 11 is 0. The first-order valence-corrected chi connectivity index (χ1v) is 12.5. The van der Waals surface area contributed by atoms with Crippen LogP contribution in [0, 0.1) is 17.3 Å². The lowest BCUT2D eigenvalue weighted by molar-refractivity contribution is -0.182. The number of ether oxygens (including phenoxy) is 2. The molecule has 180 valence electrons. The van der Waals surface area contributed by atoms with Crippen LogP contribution in [0.2, 0.25) is 0 Å². The van der Waals surface area contributed by atoms with Gasteiger partial charge in [0.1, 0.15) is 5.75 Å². The number of ketones is 2. The van der Waals surface area contributed by atoms with Gasteiger partial charge in [0.25, 0.3) is 0 Å². The van der Waals surface area contributed by atoms with Gasteiger partial charge in [-0.3, -0.25) is 14.4 Å². The SMILES string of the molecule is COc1ccc([C@H]2C[C@@]3(C)[C@@H](CC[C@]3(OC(C)=O)C(C)=O)[C@@H]3CCC4=CC(=O)CCC4=C32)cc1. The molecule has 5 atom stereocenters. The minimum atomic E-state index is -1.08. The second-order valence-corrected chi connectivity index (χ2v) is 10.8. The molecule has 0 aromatic heterocycles. The number of methoxy groups -OCH3 is 1. The van der Waals surface area contributed by atoms with E-state index in [4.69, 9.17) is 9.47 Å². The van der Waals surface area contributed by atoms with E-state index in [0.29, 0.717) is 18.8 Å². The highest BCUT2D eigenvalue weighted by molar-refractivity contribution is 5.93. The molecule has 2 fully saturated rings. The molecule has 0 bridgehead atoms. The summed E-state index contributed by atoms with van der Waals surface area (Å²) in [6.45, 7) is 5.18. The van der Waals surface area contributed by atoms with Gasteiger partial charge >= 0.3 is 5.97 Å². The fourth-order valence-corrected chi connectivity index (χ4v) is 7.85. The first-order chi connectivity index (χ1) is 16.2. The average Bonchev–Trinajstić information content (AvgIpc) is 3.10. The Morgan fingerprint density at radius 3 is 2.41 bits per heavy atom. The van der Waals surface area contributed by atoms with E-state index in [-0.39, 0.29) is 29.4 Å². The van der Waals surface area contributed by atoms with E-state index in [2.05, 4.69) is 19.1 Å². The van der Waals surface area contributed by atoms with Crippen molar-refractivity contribution in [3.8, 4) is 5.75 Å². The number of Topliss-reactive ketones (excluding diaryl/α,β-unsaturated/α-hetero) is 1. The normalized spacial score (nSPS) is 34.5. The fraction of sp³-hybridized carbons (Fsp3) is 0.552. The van der Waals surface area contributed by atoms with Crippen molar-refractivity contribution in [1.29, 1.82) is 0 Å². The number of hydrogen-bond donors (Lipinski definition) is 0. The summed E-state index contributed by atoms with van der Waals surface area (Å²) in [4.78, 5) is 37.6. The van der Waals surface area contributed by atoms with E-state index in [0.717, 1.165) is 37.9 Å². The molecule has 5 rings (SSSR count). The molecule has 4 aliphatic rings. The third kappa shape index (κ3) is 3.30. The van der Waals surface area contributed by atoms with E-state index < -0.39 is 11.0 Å². The highest BCUT2D eigenvalue weighted by Gasteiger charge is 2.67. The van der Waals surface area contributed by atoms with Gasteiger partial charge in [-0.1, -0.05) is 24.6 Å². The maximum atomic E-state index is 13.2. The lowest BCUT2D eigenvalue weighted by atomic mass is 9.50. The van der Waals surface area contributed by atoms with Crippen molar-refractivity contribution in [2.75, 3.05) is 7.11 Å². The highest BCUT2D eigenvalue weighted by atomic mass is 16.6. The molecule has 0 saturated heterocycles. The maximum absolute atomic E-state index is 13.2. The topological polar surface area (TPSA) is 69.7 Å². The van der Waals surface area contributed by atoms with Gasteiger partial charge in [-0.25, -0.2) is 0 Å². The first kappa shape index (κ1) is 23.1. The van der Waals surface area contributed by atoms with Crippen molar-refractivity contribution in [1.82, 2.24) is 0 Å². The molecule has 0 aliphatic heterocycles. The summed E-state index contributed by atoms with van der Waals surface area (Å²) < 4.78 is 11.4. The molecular weight excluding hydrogens is 428 g/mol. The molecule has 34 heavy (non-hydrogen) atoms. The first-order valence-electron chi connectivity index (χ1n) is 12.5. The summed E-state index contributed by atoms with van der Waals surface area (Å²) in [5.41, 5.74) is 3.70. The van der Waals surface area contributed by atoms with E-state index in [1.54, 1.807) is 14.0 Å². The van der Waals surface area contributed by atoms with Gasteiger partial charge < -0.3 is 9.47 Å². The van der Waals surface area contributed by atoms with Gasteiger partial charge in [-0.2, -0.15) is 0 Å². The van der Waals surface area contributed by atoms with Crippen molar-refractivity contribution in [3.05, 3.63) is 52.6 Å². The quantitative estimate of drug-likeness (QED) is 0.554. The van der Waals surface area contributed by atoms with Crippen LogP contribution in [0.4, 0.5) is 0 Å². The number of rotatable bonds is 4. The Morgan fingerprint density at radius 2 is 1.76 bits per heavy atom. The standard InChI is InChI=1S/C29H34O5/c1-17(30)29(34-18(2)31)14-13-26-24-11-7-20-15-21(32)8-12-23(20)27(24)25(16-28(26,29)3)19-5-9-22(33-4)10-6-19/h5-6,9-10,15,24-26H,7-8,11-14,16H2,1-4H3/t24-,25+,26-,28-,29-/m0/s1. The average molecular weight is 463 g/mol. The third-order valence-electron chi connectivity index (χ3n) is 9.26. The summed E-state index contributed by atoms with van der Waals surface area (Å²) in [5, 5.41) is 0. The Bertz CT molecular complexity index is 1110. The zero-order valence-electron chi connectivity index (χ0n) is 20.6. The van der Waals surface area contributed by atoms with Crippen LogP contribution in [0.1, 0.15) is 77.2 Å². The Kier molecular flexibility index (Phi) is 5.57. The van der Waals surface area contributed by atoms with Crippen molar-refractivity contribution in [2.45, 2.75) is 77.2 Å². The molecule has 1 aromatic carbocycles. The molecule has 5 nitrogen and oxygen atoms in total.